The van der Waals surface area contributed by atoms with E-state index in [-0.39, 0.29) is 24.5 Å². The average molecular weight is 459 g/mol. The van der Waals surface area contributed by atoms with Crippen molar-refractivity contribution < 1.29 is 41.0 Å². The second kappa shape index (κ2) is 10.2. The van der Waals surface area contributed by atoms with Crippen LogP contribution in [0.15, 0.2) is 48.5 Å². The zero-order chi connectivity index (χ0) is 23.3. The predicted octanol–water partition coefficient (Wildman–Crippen LogP) is 5.15. The second-order valence-corrected chi connectivity index (χ2v) is 7.28. The van der Waals surface area contributed by atoms with E-state index < -0.39 is 24.3 Å². The average Bonchev–Trinajstić information content (AvgIpc) is 2.77. The number of piperidine rings is 1. The fraction of sp³-hybridized carbons (Fsp3) is 0.409. The third kappa shape index (κ3) is 6.09. The lowest BCUT2D eigenvalue weighted by Crippen LogP contribution is -2.49. The van der Waals surface area contributed by atoms with Crippen LogP contribution in [0.1, 0.15) is 28.8 Å². The number of hydrogen-bond acceptors (Lipinski definition) is 5. The number of nitrogens with zero attached hydrogens (tertiary/aromatic N) is 1. The number of carbonyl (C=O) groups excluding carboxylic acids is 1. The minimum absolute atomic E-state index is 0.205. The summed E-state index contributed by atoms with van der Waals surface area (Å²) in [7, 11) is 1.27. The second-order valence-electron chi connectivity index (χ2n) is 7.28. The molecule has 1 aliphatic heterocycles. The smallest absolute Gasteiger partial charge is 0.416 e. The standard InChI is InChI=1S/C22H22F5NO4/c1-30-20(29)14-2-6-16(7-3-14)28-12-19(11-8-17(28)13-31-21(23)24)32-18-9-4-15(5-10-18)22(25,26)27/h2-7,9-10,17,19,21H,8,11-13H2,1H3/t17-,19-/m0/s1. The highest BCUT2D eigenvalue weighted by Crippen LogP contribution is 2.32. The molecule has 1 saturated heterocycles. The van der Waals surface area contributed by atoms with Crippen molar-refractivity contribution in [2.24, 2.45) is 0 Å². The summed E-state index contributed by atoms with van der Waals surface area (Å²) in [5.41, 5.74) is 0.234. The number of alkyl halides is 5. The van der Waals surface area contributed by atoms with Crippen LogP contribution in [0.3, 0.4) is 0 Å². The van der Waals surface area contributed by atoms with Crippen molar-refractivity contribution in [2.75, 3.05) is 25.2 Å². The molecule has 0 aromatic heterocycles. The van der Waals surface area contributed by atoms with Crippen molar-refractivity contribution in [3.8, 4) is 5.75 Å². The molecule has 10 heteroatoms. The maximum atomic E-state index is 12.7. The van der Waals surface area contributed by atoms with E-state index in [1.165, 1.54) is 19.2 Å². The van der Waals surface area contributed by atoms with Crippen molar-refractivity contribution in [1.82, 2.24) is 0 Å². The Hall–Kier alpha value is -2.88. The first-order valence-corrected chi connectivity index (χ1v) is 9.86. The van der Waals surface area contributed by atoms with Gasteiger partial charge in [-0.25, -0.2) is 4.79 Å². The van der Waals surface area contributed by atoms with Gasteiger partial charge in [0.2, 0.25) is 0 Å². The number of anilines is 1. The van der Waals surface area contributed by atoms with Gasteiger partial charge in [0.15, 0.2) is 0 Å². The number of benzene rings is 2. The Kier molecular flexibility index (Phi) is 7.55. The summed E-state index contributed by atoms with van der Waals surface area (Å²) < 4.78 is 78.5. The topological polar surface area (TPSA) is 48.0 Å². The Morgan fingerprint density at radius 2 is 1.72 bits per heavy atom. The number of ether oxygens (including phenoxy) is 3. The largest absolute Gasteiger partial charge is 0.489 e. The van der Waals surface area contributed by atoms with Crippen LogP contribution in [-0.4, -0.2) is 45.0 Å². The van der Waals surface area contributed by atoms with E-state index in [1.54, 1.807) is 24.3 Å². The van der Waals surface area contributed by atoms with Gasteiger partial charge in [0, 0.05) is 5.69 Å². The van der Waals surface area contributed by atoms with E-state index in [1.807, 2.05) is 4.90 Å². The summed E-state index contributed by atoms with van der Waals surface area (Å²) in [5.74, 6) is -0.220. The molecule has 1 heterocycles. The van der Waals surface area contributed by atoms with Gasteiger partial charge >= 0.3 is 18.8 Å². The molecule has 174 valence electrons. The molecule has 32 heavy (non-hydrogen) atoms. The highest BCUT2D eigenvalue weighted by atomic mass is 19.4. The number of methoxy groups -OCH3 is 1. The highest BCUT2D eigenvalue weighted by molar-refractivity contribution is 5.89. The Morgan fingerprint density at radius 3 is 2.28 bits per heavy atom. The molecule has 0 amide bonds. The van der Waals surface area contributed by atoms with Crippen LogP contribution in [0, 0.1) is 0 Å². The fourth-order valence-corrected chi connectivity index (χ4v) is 3.59. The predicted molar refractivity (Wildman–Crippen MR) is 106 cm³/mol. The molecule has 0 unspecified atom stereocenters. The Balaban J connectivity index is 1.74. The van der Waals surface area contributed by atoms with Crippen LogP contribution in [-0.2, 0) is 15.7 Å². The first-order valence-electron chi connectivity index (χ1n) is 9.86. The summed E-state index contributed by atoms with van der Waals surface area (Å²) in [6.45, 7) is -2.81. The molecule has 0 spiro atoms. The number of rotatable bonds is 7. The van der Waals surface area contributed by atoms with E-state index in [9.17, 15) is 26.7 Å². The lowest BCUT2D eigenvalue weighted by molar-refractivity contribution is -0.137. The maximum Gasteiger partial charge on any atom is 0.416 e. The molecular formula is C22H22F5NO4. The van der Waals surface area contributed by atoms with Gasteiger partial charge in [0.05, 0.1) is 37.4 Å². The monoisotopic (exact) mass is 459 g/mol. The first-order chi connectivity index (χ1) is 15.2. The number of esters is 1. The molecule has 0 saturated carbocycles. The molecule has 1 fully saturated rings. The van der Waals surface area contributed by atoms with Crippen LogP contribution < -0.4 is 9.64 Å². The lowest BCUT2D eigenvalue weighted by Gasteiger charge is -2.41. The lowest BCUT2D eigenvalue weighted by atomic mass is 9.99. The van der Waals surface area contributed by atoms with E-state index in [0.29, 0.717) is 30.6 Å². The molecule has 2 atom stereocenters. The van der Waals surface area contributed by atoms with Crippen molar-refractivity contribution >= 4 is 11.7 Å². The SMILES string of the molecule is COC(=O)c1ccc(N2C[C@@H](Oc3ccc(C(F)(F)F)cc3)CC[C@H]2COC(F)F)cc1. The summed E-state index contributed by atoms with van der Waals surface area (Å²) in [6, 6.07) is 10.5. The third-order valence-corrected chi connectivity index (χ3v) is 5.18. The van der Waals surface area contributed by atoms with Gasteiger partial charge in [-0.3, -0.25) is 0 Å². The highest BCUT2D eigenvalue weighted by Gasteiger charge is 2.32. The summed E-state index contributed by atoms with van der Waals surface area (Å²) in [6.07, 6.45) is -3.84. The van der Waals surface area contributed by atoms with Crippen LogP contribution >= 0.6 is 0 Å². The number of carbonyl (C=O) groups is 1. The molecule has 2 aromatic rings. The third-order valence-electron chi connectivity index (χ3n) is 5.18. The van der Waals surface area contributed by atoms with Crippen LogP contribution in [0.25, 0.3) is 0 Å². The molecule has 0 N–H and O–H groups in total. The summed E-state index contributed by atoms with van der Waals surface area (Å²) >= 11 is 0. The Morgan fingerprint density at radius 1 is 1.06 bits per heavy atom. The molecule has 1 aliphatic rings. The van der Waals surface area contributed by atoms with Crippen molar-refractivity contribution in [1.29, 1.82) is 0 Å². The molecular weight excluding hydrogens is 437 g/mol. The zero-order valence-corrected chi connectivity index (χ0v) is 17.1. The number of hydrogen-bond donors (Lipinski definition) is 0. The number of halogens is 5. The van der Waals surface area contributed by atoms with Crippen LogP contribution in [0.5, 0.6) is 5.75 Å². The van der Waals surface area contributed by atoms with E-state index in [4.69, 9.17) is 4.74 Å². The van der Waals surface area contributed by atoms with Gasteiger partial charge in [-0.1, -0.05) is 0 Å². The summed E-state index contributed by atoms with van der Waals surface area (Å²) in [5, 5.41) is 0. The van der Waals surface area contributed by atoms with Gasteiger partial charge in [0.25, 0.3) is 0 Å². The Bertz CT molecular complexity index is 887. The Labute approximate surface area is 181 Å². The van der Waals surface area contributed by atoms with Crippen molar-refractivity contribution in [3.05, 3.63) is 59.7 Å². The van der Waals surface area contributed by atoms with Crippen LogP contribution in [0.2, 0.25) is 0 Å². The minimum atomic E-state index is -4.44. The van der Waals surface area contributed by atoms with Gasteiger partial charge in [-0.2, -0.15) is 22.0 Å². The first kappa shape index (κ1) is 23.8. The van der Waals surface area contributed by atoms with Crippen LogP contribution in [0.4, 0.5) is 27.6 Å². The maximum absolute atomic E-state index is 12.7. The summed E-state index contributed by atoms with van der Waals surface area (Å²) in [4.78, 5) is 13.5. The molecule has 3 rings (SSSR count). The normalized spacial score (nSPS) is 19.2. The van der Waals surface area contributed by atoms with Crippen molar-refractivity contribution in [3.63, 3.8) is 0 Å². The van der Waals surface area contributed by atoms with Gasteiger partial charge in [0.1, 0.15) is 11.9 Å². The van der Waals surface area contributed by atoms with E-state index >= 15 is 0 Å². The van der Waals surface area contributed by atoms with Gasteiger partial charge in [-0.15, -0.1) is 0 Å². The fourth-order valence-electron chi connectivity index (χ4n) is 3.59. The molecule has 0 radical (unpaired) electrons. The van der Waals surface area contributed by atoms with Crippen molar-refractivity contribution in [2.45, 2.75) is 37.8 Å². The molecule has 2 aromatic carbocycles. The zero-order valence-electron chi connectivity index (χ0n) is 17.1. The minimum Gasteiger partial charge on any atom is -0.489 e. The molecule has 5 nitrogen and oxygen atoms in total. The van der Waals surface area contributed by atoms with Gasteiger partial charge in [-0.05, 0) is 61.4 Å². The molecule has 0 bridgehead atoms. The van der Waals surface area contributed by atoms with E-state index in [2.05, 4.69) is 9.47 Å². The quantitative estimate of drug-likeness (QED) is 0.424. The van der Waals surface area contributed by atoms with E-state index in [0.717, 1.165) is 12.1 Å². The molecule has 0 aliphatic carbocycles. The van der Waals surface area contributed by atoms with Gasteiger partial charge < -0.3 is 19.1 Å².